The molecule has 0 atom stereocenters. The summed E-state index contributed by atoms with van der Waals surface area (Å²) < 4.78 is 41.6. The van der Waals surface area contributed by atoms with Crippen LogP contribution in [0.2, 0.25) is 0 Å². The number of aromatic nitrogens is 1. The van der Waals surface area contributed by atoms with E-state index < -0.39 is 15.8 Å². The van der Waals surface area contributed by atoms with Gasteiger partial charge >= 0.3 is 0 Å². The molecule has 0 radical (unpaired) electrons. The maximum atomic E-state index is 13.7. The van der Waals surface area contributed by atoms with Gasteiger partial charge in [-0.05, 0) is 82.2 Å². The number of fused-ring (bicyclic) bond motifs is 1. The SMILES string of the molecule is Cc1ccc2sc(N(CCN(C)C)C(=O)C3CCN(S(=O)(=O)c4ccc(F)cc4)CC3)nc2c1C.Cl. The summed E-state index contributed by atoms with van der Waals surface area (Å²) in [6.45, 7) is 5.79. The van der Waals surface area contributed by atoms with Crippen LogP contribution in [-0.2, 0) is 14.8 Å². The number of carbonyl (C=O) groups excluding carboxylic acids is 1. The Hall–Kier alpha value is -2.11. The monoisotopic (exact) mass is 554 g/mol. The van der Waals surface area contributed by atoms with Crippen LogP contribution in [0.15, 0.2) is 41.3 Å². The molecule has 1 aliphatic rings. The summed E-state index contributed by atoms with van der Waals surface area (Å²) in [5.41, 5.74) is 3.20. The second kappa shape index (κ2) is 11.5. The number of anilines is 1. The van der Waals surface area contributed by atoms with Gasteiger partial charge in [0, 0.05) is 32.1 Å². The largest absolute Gasteiger partial charge is 0.308 e. The standard InChI is InChI=1S/C25H31FN4O3S2.ClH/c1-17-5-10-22-23(18(17)2)27-25(34-22)30(16-15-28(3)4)24(31)19-11-13-29(14-12-19)35(32,33)21-8-6-20(26)7-9-21;/h5-10,19H,11-16H2,1-4H3;1H. The van der Waals surface area contributed by atoms with Crippen molar-refractivity contribution in [3.8, 4) is 0 Å². The van der Waals surface area contributed by atoms with Crippen molar-refractivity contribution in [2.45, 2.75) is 31.6 Å². The molecule has 2 aromatic carbocycles. The van der Waals surface area contributed by atoms with Gasteiger partial charge in [0.25, 0.3) is 0 Å². The number of halogens is 2. The van der Waals surface area contributed by atoms with E-state index in [1.54, 1.807) is 4.90 Å². The Kier molecular flexibility index (Phi) is 9.11. The highest BCUT2D eigenvalue weighted by atomic mass is 35.5. The Labute approximate surface area is 222 Å². The first-order chi connectivity index (χ1) is 16.6. The summed E-state index contributed by atoms with van der Waals surface area (Å²) in [4.78, 5) is 22.4. The molecule has 0 bridgehead atoms. The molecule has 36 heavy (non-hydrogen) atoms. The van der Waals surface area contributed by atoms with Crippen LogP contribution in [0.5, 0.6) is 0 Å². The van der Waals surface area contributed by atoms with Gasteiger partial charge in [0.1, 0.15) is 5.82 Å². The lowest BCUT2D eigenvalue weighted by Gasteiger charge is -2.33. The molecule has 11 heteroatoms. The van der Waals surface area contributed by atoms with Crippen LogP contribution in [0.4, 0.5) is 9.52 Å². The first-order valence-corrected chi connectivity index (χ1v) is 13.9. The zero-order valence-corrected chi connectivity index (χ0v) is 23.3. The zero-order chi connectivity index (χ0) is 25.3. The van der Waals surface area contributed by atoms with Gasteiger partial charge in [-0.2, -0.15) is 4.31 Å². The van der Waals surface area contributed by atoms with Crippen LogP contribution in [0.3, 0.4) is 0 Å². The second-order valence-corrected chi connectivity index (χ2v) is 12.2. The van der Waals surface area contributed by atoms with E-state index in [9.17, 15) is 17.6 Å². The average molecular weight is 555 g/mol. The molecule has 0 spiro atoms. The van der Waals surface area contributed by atoms with Gasteiger partial charge in [0.05, 0.1) is 15.1 Å². The molecule has 3 aromatic rings. The lowest BCUT2D eigenvalue weighted by atomic mass is 9.96. The molecule has 1 fully saturated rings. The Morgan fingerprint density at radius 3 is 2.33 bits per heavy atom. The maximum absolute atomic E-state index is 13.7. The fourth-order valence-corrected chi connectivity index (χ4v) is 6.78. The van der Waals surface area contributed by atoms with Gasteiger partial charge in [-0.15, -0.1) is 12.4 Å². The number of thiazole rings is 1. The zero-order valence-electron chi connectivity index (χ0n) is 20.9. The van der Waals surface area contributed by atoms with Crippen LogP contribution in [0.25, 0.3) is 10.2 Å². The molecule has 4 rings (SSSR count). The predicted molar refractivity (Wildman–Crippen MR) is 145 cm³/mol. The van der Waals surface area contributed by atoms with Gasteiger partial charge < -0.3 is 4.90 Å². The van der Waals surface area contributed by atoms with Gasteiger partial charge in [-0.1, -0.05) is 17.4 Å². The molecule has 1 aliphatic heterocycles. The highest BCUT2D eigenvalue weighted by molar-refractivity contribution is 7.89. The Morgan fingerprint density at radius 1 is 1.08 bits per heavy atom. The van der Waals surface area contributed by atoms with E-state index in [1.807, 2.05) is 32.0 Å². The molecule has 1 amide bonds. The third-order valence-electron chi connectivity index (χ3n) is 6.60. The summed E-state index contributed by atoms with van der Waals surface area (Å²) in [5.74, 6) is -0.781. The number of amides is 1. The summed E-state index contributed by atoms with van der Waals surface area (Å²) in [6, 6.07) is 8.97. The van der Waals surface area contributed by atoms with E-state index in [-0.39, 0.29) is 42.2 Å². The third kappa shape index (κ3) is 5.89. The van der Waals surface area contributed by atoms with E-state index in [2.05, 4.69) is 13.0 Å². The number of likely N-dealkylation sites (N-methyl/N-ethyl adjacent to an activating group) is 1. The predicted octanol–water partition coefficient (Wildman–Crippen LogP) is 4.47. The normalized spacial score (nSPS) is 15.3. The Bertz CT molecular complexity index is 1320. The number of rotatable bonds is 7. The molecule has 1 aromatic heterocycles. The molecule has 1 saturated heterocycles. The second-order valence-electron chi connectivity index (χ2n) is 9.28. The number of sulfonamides is 1. The molecule has 0 unspecified atom stereocenters. The minimum absolute atomic E-state index is 0. The summed E-state index contributed by atoms with van der Waals surface area (Å²) in [7, 11) is 0.208. The van der Waals surface area contributed by atoms with Crippen molar-refractivity contribution in [3.05, 3.63) is 53.3 Å². The topological polar surface area (TPSA) is 73.8 Å². The van der Waals surface area contributed by atoms with Crippen molar-refractivity contribution in [3.63, 3.8) is 0 Å². The number of aryl methyl sites for hydroxylation is 2. The van der Waals surface area contributed by atoms with Crippen molar-refractivity contribution in [1.29, 1.82) is 0 Å². The molecule has 0 N–H and O–H groups in total. The van der Waals surface area contributed by atoms with E-state index in [1.165, 1.54) is 27.8 Å². The summed E-state index contributed by atoms with van der Waals surface area (Å²) in [5, 5.41) is 0.682. The first kappa shape index (κ1) is 28.5. The van der Waals surface area contributed by atoms with Crippen LogP contribution >= 0.6 is 23.7 Å². The maximum Gasteiger partial charge on any atom is 0.243 e. The van der Waals surface area contributed by atoms with Gasteiger partial charge in [-0.25, -0.2) is 17.8 Å². The van der Waals surface area contributed by atoms with E-state index in [4.69, 9.17) is 4.98 Å². The summed E-state index contributed by atoms with van der Waals surface area (Å²) >= 11 is 1.51. The average Bonchev–Trinajstić information content (AvgIpc) is 3.26. The highest BCUT2D eigenvalue weighted by Gasteiger charge is 2.35. The Balaban J connectivity index is 0.00000361. The number of carbonyl (C=O) groups is 1. The van der Waals surface area contributed by atoms with E-state index in [0.29, 0.717) is 31.1 Å². The van der Waals surface area contributed by atoms with Crippen LogP contribution in [0, 0.1) is 25.6 Å². The minimum atomic E-state index is -3.72. The number of hydrogen-bond donors (Lipinski definition) is 0. The number of hydrogen-bond acceptors (Lipinski definition) is 6. The fourth-order valence-electron chi connectivity index (χ4n) is 4.25. The van der Waals surface area contributed by atoms with Crippen molar-refractivity contribution in [2.75, 3.05) is 45.2 Å². The number of piperidine rings is 1. The quantitative estimate of drug-likeness (QED) is 0.431. The van der Waals surface area contributed by atoms with Crippen LogP contribution < -0.4 is 4.90 Å². The molecule has 0 aliphatic carbocycles. The van der Waals surface area contributed by atoms with Gasteiger partial charge in [0.2, 0.25) is 15.9 Å². The first-order valence-electron chi connectivity index (χ1n) is 11.7. The fraction of sp³-hybridized carbons (Fsp3) is 0.440. The molecule has 2 heterocycles. The third-order valence-corrected chi connectivity index (χ3v) is 9.55. The van der Waals surface area contributed by atoms with Crippen LogP contribution in [-0.4, -0.2) is 68.8 Å². The minimum Gasteiger partial charge on any atom is -0.308 e. The van der Waals surface area contributed by atoms with Crippen molar-refractivity contribution in [1.82, 2.24) is 14.2 Å². The molecular formula is C25H32ClFN4O3S2. The molecule has 7 nitrogen and oxygen atoms in total. The number of benzene rings is 2. The molecular weight excluding hydrogens is 523 g/mol. The molecule has 196 valence electrons. The van der Waals surface area contributed by atoms with Gasteiger partial charge in [-0.3, -0.25) is 9.69 Å². The van der Waals surface area contributed by atoms with Crippen LogP contribution in [0.1, 0.15) is 24.0 Å². The number of nitrogens with zero attached hydrogens (tertiary/aromatic N) is 4. The van der Waals surface area contributed by atoms with Gasteiger partial charge in [0.15, 0.2) is 5.13 Å². The lowest BCUT2D eigenvalue weighted by Crippen LogP contribution is -2.46. The Morgan fingerprint density at radius 2 is 1.72 bits per heavy atom. The van der Waals surface area contributed by atoms with Crippen molar-refractivity contribution >= 4 is 55.0 Å². The van der Waals surface area contributed by atoms with E-state index in [0.717, 1.165) is 33.5 Å². The van der Waals surface area contributed by atoms with E-state index >= 15 is 0 Å². The van der Waals surface area contributed by atoms with Crippen molar-refractivity contribution < 1.29 is 17.6 Å². The van der Waals surface area contributed by atoms with Crippen molar-refractivity contribution in [2.24, 2.45) is 5.92 Å². The summed E-state index contributed by atoms with van der Waals surface area (Å²) in [6.07, 6.45) is 0.863. The smallest absolute Gasteiger partial charge is 0.243 e. The molecule has 0 saturated carbocycles. The lowest BCUT2D eigenvalue weighted by molar-refractivity contribution is -0.123. The highest BCUT2D eigenvalue weighted by Crippen LogP contribution is 2.34.